The van der Waals surface area contributed by atoms with E-state index in [1.807, 2.05) is 19.1 Å². The summed E-state index contributed by atoms with van der Waals surface area (Å²) in [7, 11) is -4.07. The average molecular weight is 440 g/mol. The lowest BCUT2D eigenvalue weighted by Crippen LogP contribution is -2.51. The van der Waals surface area contributed by atoms with Crippen LogP contribution in [-0.2, 0) is 21.4 Å². The highest BCUT2D eigenvalue weighted by atomic mass is 35.5. The second kappa shape index (κ2) is 8.71. The highest BCUT2D eigenvalue weighted by Gasteiger charge is 2.40. The number of halogens is 1. The fourth-order valence-electron chi connectivity index (χ4n) is 3.23. The van der Waals surface area contributed by atoms with Crippen molar-refractivity contribution in [3.8, 4) is 5.75 Å². The Balaban J connectivity index is 1.76. The topological polar surface area (TPSA) is 104 Å². The summed E-state index contributed by atoms with van der Waals surface area (Å²) in [5.41, 5.74) is 1.94. The zero-order valence-electron chi connectivity index (χ0n) is 15.8. The zero-order chi connectivity index (χ0) is 21.2. The molecular formula is C20H22ClNO6S. The maximum atomic E-state index is 12.9. The van der Waals surface area contributed by atoms with Crippen molar-refractivity contribution in [1.29, 1.82) is 0 Å². The van der Waals surface area contributed by atoms with Crippen LogP contribution in [0.15, 0.2) is 47.4 Å². The number of rotatable bonds is 6. The first-order valence-electron chi connectivity index (χ1n) is 9.09. The number of carboxylic acids is 1. The Bertz CT molecular complexity index is 993. The second-order valence-corrected chi connectivity index (χ2v) is 9.32. The van der Waals surface area contributed by atoms with Crippen molar-refractivity contribution in [2.75, 3.05) is 6.54 Å². The molecule has 1 fully saturated rings. The number of carbonyl (C=O) groups is 1. The van der Waals surface area contributed by atoms with Gasteiger partial charge in [0.05, 0.1) is 11.0 Å². The first kappa shape index (κ1) is 21.6. The van der Waals surface area contributed by atoms with Crippen molar-refractivity contribution in [2.45, 2.75) is 43.4 Å². The standard InChI is InChI=1S/C20H22ClNO6S/c1-13-2-3-15(21)10-14(13)12-28-17-5-7-18(8-6-17)29(26,27)22-11-16(23)4-9-19(22)20(24)25/h2-3,5-8,10,16,19,23H,4,9,11-12H2,1H3,(H,24,25). The molecule has 0 spiro atoms. The fourth-order valence-corrected chi connectivity index (χ4v) is 5.08. The minimum atomic E-state index is -4.07. The Hall–Kier alpha value is -2.13. The summed E-state index contributed by atoms with van der Waals surface area (Å²) >= 11 is 6.00. The minimum absolute atomic E-state index is 0.0517. The first-order valence-corrected chi connectivity index (χ1v) is 10.9. The van der Waals surface area contributed by atoms with Gasteiger partial charge in [0.2, 0.25) is 10.0 Å². The zero-order valence-corrected chi connectivity index (χ0v) is 17.4. The van der Waals surface area contributed by atoms with Crippen molar-refractivity contribution >= 4 is 27.6 Å². The van der Waals surface area contributed by atoms with E-state index in [4.69, 9.17) is 16.3 Å². The van der Waals surface area contributed by atoms with Gasteiger partial charge in [0.25, 0.3) is 0 Å². The van der Waals surface area contributed by atoms with Crippen LogP contribution in [0.25, 0.3) is 0 Å². The number of aryl methyl sites for hydroxylation is 1. The lowest BCUT2D eigenvalue weighted by Gasteiger charge is -2.34. The molecule has 0 radical (unpaired) electrons. The van der Waals surface area contributed by atoms with Gasteiger partial charge in [-0.1, -0.05) is 17.7 Å². The summed E-state index contributed by atoms with van der Waals surface area (Å²) in [5.74, 6) is -0.755. The summed E-state index contributed by atoms with van der Waals surface area (Å²) < 4.78 is 32.4. The molecule has 0 aromatic heterocycles. The van der Waals surface area contributed by atoms with Crippen LogP contribution in [0.5, 0.6) is 5.75 Å². The third-order valence-corrected chi connectivity index (χ3v) is 7.06. The number of sulfonamides is 1. The molecule has 0 aliphatic carbocycles. The number of nitrogens with zero attached hydrogens (tertiary/aromatic N) is 1. The highest BCUT2D eigenvalue weighted by molar-refractivity contribution is 7.89. The molecule has 2 aromatic rings. The van der Waals surface area contributed by atoms with E-state index in [-0.39, 0.29) is 30.9 Å². The highest BCUT2D eigenvalue weighted by Crippen LogP contribution is 2.27. The van der Waals surface area contributed by atoms with Gasteiger partial charge < -0.3 is 14.9 Å². The SMILES string of the molecule is Cc1ccc(Cl)cc1COc1ccc(S(=O)(=O)N2CC(O)CCC2C(=O)O)cc1. The van der Waals surface area contributed by atoms with Crippen molar-refractivity contribution in [1.82, 2.24) is 4.31 Å². The summed E-state index contributed by atoms with van der Waals surface area (Å²) in [4.78, 5) is 11.4. The number of piperidine rings is 1. The monoisotopic (exact) mass is 439 g/mol. The number of hydrogen-bond donors (Lipinski definition) is 2. The van der Waals surface area contributed by atoms with Gasteiger partial charge in [-0.2, -0.15) is 4.31 Å². The molecule has 2 N–H and O–H groups in total. The maximum absolute atomic E-state index is 12.9. The number of ether oxygens (including phenoxy) is 1. The maximum Gasteiger partial charge on any atom is 0.322 e. The third kappa shape index (κ3) is 4.90. The predicted molar refractivity (Wildman–Crippen MR) is 108 cm³/mol. The minimum Gasteiger partial charge on any atom is -0.489 e. The third-order valence-electron chi connectivity index (χ3n) is 4.93. The molecule has 29 heavy (non-hydrogen) atoms. The quantitative estimate of drug-likeness (QED) is 0.717. The Morgan fingerprint density at radius 2 is 1.90 bits per heavy atom. The van der Waals surface area contributed by atoms with E-state index in [9.17, 15) is 23.4 Å². The summed E-state index contributed by atoms with van der Waals surface area (Å²) in [6.07, 6.45) is -0.571. The van der Waals surface area contributed by atoms with Gasteiger partial charge in [-0.3, -0.25) is 4.79 Å². The molecule has 2 unspecified atom stereocenters. The van der Waals surface area contributed by atoms with Crippen molar-refractivity contribution < 1.29 is 28.2 Å². The summed E-state index contributed by atoms with van der Waals surface area (Å²) in [6, 6.07) is 10.1. The van der Waals surface area contributed by atoms with Crippen molar-refractivity contribution in [3.05, 3.63) is 58.6 Å². The number of aliphatic hydroxyl groups is 1. The molecule has 3 rings (SSSR count). The van der Waals surface area contributed by atoms with Crippen LogP contribution in [0.2, 0.25) is 5.02 Å². The van der Waals surface area contributed by atoms with Gasteiger partial charge in [0.1, 0.15) is 18.4 Å². The molecule has 1 aliphatic rings. The first-order chi connectivity index (χ1) is 13.7. The van der Waals surface area contributed by atoms with Gasteiger partial charge >= 0.3 is 5.97 Å². The van der Waals surface area contributed by atoms with Gasteiger partial charge in [0.15, 0.2) is 0 Å². The second-order valence-electron chi connectivity index (χ2n) is 6.99. The van der Waals surface area contributed by atoms with E-state index in [0.717, 1.165) is 15.4 Å². The molecule has 2 atom stereocenters. The largest absolute Gasteiger partial charge is 0.489 e. The molecule has 0 amide bonds. The van der Waals surface area contributed by atoms with Gasteiger partial charge in [-0.05, 0) is 67.3 Å². The predicted octanol–water partition coefficient (Wildman–Crippen LogP) is 2.83. The normalized spacial score (nSPS) is 20.4. The van der Waals surface area contributed by atoms with E-state index in [1.54, 1.807) is 6.07 Å². The lowest BCUT2D eigenvalue weighted by atomic mass is 10.0. The van der Waals surface area contributed by atoms with Crippen molar-refractivity contribution in [3.63, 3.8) is 0 Å². The molecular weight excluding hydrogens is 418 g/mol. The van der Waals surface area contributed by atoms with E-state index in [2.05, 4.69) is 0 Å². The lowest BCUT2D eigenvalue weighted by molar-refractivity contribution is -0.143. The number of aliphatic hydroxyl groups excluding tert-OH is 1. The Morgan fingerprint density at radius 1 is 1.21 bits per heavy atom. The van der Waals surface area contributed by atoms with E-state index >= 15 is 0 Å². The Morgan fingerprint density at radius 3 is 2.55 bits per heavy atom. The number of benzene rings is 2. The van der Waals surface area contributed by atoms with Crippen LogP contribution >= 0.6 is 11.6 Å². The van der Waals surface area contributed by atoms with E-state index < -0.39 is 28.1 Å². The number of carboxylic acid groups (broad SMARTS) is 1. The fraction of sp³-hybridized carbons (Fsp3) is 0.350. The average Bonchev–Trinajstić information content (AvgIpc) is 2.68. The van der Waals surface area contributed by atoms with Crippen LogP contribution in [0.1, 0.15) is 24.0 Å². The van der Waals surface area contributed by atoms with Crippen LogP contribution < -0.4 is 4.74 Å². The molecule has 7 nitrogen and oxygen atoms in total. The molecule has 9 heteroatoms. The molecule has 156 valence electrons. The van der Waals surface area contributed by atoms with E-state index in [0.29, 0.717) is 10.8 Å². The number of β-amino-alcohol motifs (C(OH)–C–C–N with tert-alkyl or cyclic N) is 1. The van der Waals surface area contributed by atoms with Gasteiger partial charge in [-0.15, -0.1) is 0 Å². The van der Waals surface area contributed by atoms with Crippen LogP contribution in [0.4, 0.5) is 0 Å². The van der Waals surface area contributed by atoms with Crippen LogP contribution in [-0.4, -0.2) is 47.6 Å². The van der Waals surface area contributed by atoms with E-state index in [1.165, 1.54) is 24.3 Å². The molecule has 1 saturated heterocycles. The van der Waals surface area contributed by atoms with Gasteiger partial charge in [0, 0.05) is 11.6 Å². The van der Waals surface area contributed by atoms with Gasteiger partial charge in [-0.25, -0.2) is 8.42 Å². The van der Waals surface area contributed by atoms with Crippen LogP contribution in [0, 0.1) is 6.92 Å². The molecule has 0 saturated carbocycles. The summed E-state index contributed by atoms with van der Waals surface area (Å²) in [5, 5.41) is 19.8. The molecule has 2 aromatic carbocycles. The Labute approximate surface area is 174 Å². The molecule has 1 aliphatic heterocycles. The number of hydrogen-bond acceptors (Lipinski definition) is 5. The molecule has 0 bridgehead atoms. The Kier molecular flexibility index (Phi) is 6.48. The van der Waals surface area contributed by atoms with Crippen LogP contribution in [0.3, 0.4) is 0 Å². The smallest absolute Gasteiger partial charge is 0.322 e. The van der Waals surface area contributed by atoms with Crippen molar-refractivity contribution in [2.24, 2.45) is 0 Å². The summed E-state index contributed by atoms with van der Waals surface area (Å²) in [6.45, 7) is 1.97. The number of aliphatic carboxylic acids is 1. The molecule has 1 heterocycles.